The van der Waals surface area contributed by atoms with Crippen LogP contribution < -0.4 is 19.6 Å². The highest BCUT2D eigenvalue weighted by Crippen LogP contribution is 2.37. The Hall–Kier alpha value is -4.43. The number of thiazole rings is 1. The molecule has 1 N–H and O–H groups in total. The van der Waals surface area contributed by atoms with Gasteiger partial charge in [-0.1, -0.05) is 59.9 Å². The molecule has 0 aliphatic carbocycles. The highest BCUT2D eigenvalue weighted by atomic mass is 32.1. The molecular weight excluding hydrogens is 498 g/mol. The summed E-state index contributed by atoms with van der Waals surface area (Å²) in [7, 11) is 1.63. The summed E-state index contributed by atoms with van der Waals surface area (Å²) < 4.78 is 13.2. The molecule has 0 saturated carbocycles. The number of carbonyl (C=O) groups excluding carboxylic acids is 1. The van der Waals surface area contributed by atoms with Gasteiger partial charge in [0.15, 0.2) is 4.80 Å². The summed E-state index contributed by atoms with van der Waals surface area (Å²) in [5.74, 6) is 0.235. The molecule has 3 heterocycles. The topological polar surface area (TPSA) is 85.7 Å². The van der Waals surface area contributed by atoms with E-state index in [-0.39, 0.29) is 12.2 Å². The van der Waals surface area contributed by atoms with Crippen LogP contribution in [0.25, 0.3) is 27.8 Å². The van der Waals surface area contributed by atoms with E-state index in [4.69, 9.17) is 14.5 Å². The molecule has 8 heteroatoms. The number of hydrogen-bond acceptors (Lipinski definition) is 6. The van der Waals surface area contributed by atoms with E-state index in [0.29, 0.717) is 20.6 Å². The van der Waals surface area contributed by atoms with Crippen molar-refractivity contribution in [1.29, 1.82) is 0 Å². The van der Waals surface area contributed by atoms with Crippen LogP contribution in [0.1, 0.15) is 31.0 Å². The van der Waals surface area contributed by atoms with Gasteiger partial charge in [0.05, 0.1) is 35.6 Å². The Bertz CT molecular complexity index is 1940. The fourth-order valence-corrected chi connectivity index (χ4v) is 6.19. The number of nitrogens with zero attached hydrogens (tertiary/aromatic N) is 2. The van der Waals surface area contributed by atoms with Crippen LogP contribution in [0.3, 0.4) is 0 Å². The van der Waals surface area contributed by atoms with Crippen molar-refractivity contribution < 1.29 is 14.3 Å². The van der Waals surface area contributed by atoms with Crippen LogP contribution in [0.4, 0.5) is 0 Å². The molecule has 1 aliphatic heterocycles. The summed E-state index contributed by atoms with van der Waals surface area (Å²) in [4.78, 5) is 35.8. The zero-order chi connectivity index (χ0) is 26.4. The Morgan fingerprint density at radius 2 is 1.82 bits per heavy atom. The lowest BCUT2D eigenvalue weighted by atomic mass is 9.91. The molecule has 0 unspecified atom stereocenters. The van der Waals surface area contributed by atoms with Crippen molar-refractivity contribution in [3.63, 3.8) is 0 Å². The number of esters is 1. The number of nitrogens with one attached hydrogen (secondary N) is 1. The van der Waals surface area contributed by atoms with Gasteiger partial charge in [0, 0.05) is 28.0 Å². The summed E-state index contributed by atoms with van der Waals surface area (Å²) in [5.41, 5.74) is 3.39. The Labute approximate surface area is 222 Å². The van der Waals surface area contributed by atoms with Gasteiger partial charge >= 0.3 is 5.97 Å². The Kier molecular flexibility index (Phi) is 5.96. The summed E-state index contributed by atoms with van der Waals surface area (Å²) in [6, 6.07) is 18.9. The molecule has 1 atom stereocenters. The molecule has 1 aliphatic rings. The van der Waals surface area contributed by atoms with Gasteiger partial charge in [0.2, 0.25) is 0 Å². The van der Waals surface area contributed by atoms with E-state index >= 15 is 0 Å². The Morgan fingerprint density at radius 3 is 2.58 bits per heavy atom. The van der Waals surface area contributed by atoms with Gasteiger partial charge < -0.3 is 14.5 Å². The van der Waals surface area contributed by atoms with Crippen LogP contribution in [-0.4, -0.2) is 29.2 Å². The smallest absolute Gasteiger partial charge is 0.338 e. The minimum atomic E-state index is -0.703. The number of hydrogen-bond donors (Lipinski definition) is 1. The second kappa shape index (κ2) is 9.46. The van der Waals surface area contributed by atoms with Crippen LogP contribution in [0.2, 0.25) is 0 Å². The van der Waals surface area contributed by atoms with Crippen LogP contribution in [0.15, 0.2) is 87.9 Å². The fourth-order valence-electron chi connectivity index (χ4n) is 5.15. The highest BCUT2D eigenvalue weighted by molar-refractivity contribution is 7.07. The predicted octanol–water partition coefficient (Wildman–Crippen LogP) is 4.44. The van der Waals surface area contributed by atoms with E-state index in [9.17, 15) is 9.59 Å². The monoisotopic (exact) mass is 523 g/mol. The minimum absolute atomic E-state index is 0.210. The largest absolute Gasteiger partial charge is 0.496 e. The first-order valence-electron chi connectivity index (χ1n) is 12.3. The fraction of sp³-hybridized carbons (Fsp3) is 0.167. The van der Waals surface area contributed by atoms with Crippen LogP contribution in [0.5, 0.6) is 5.75 Å². The summed E-state index contributed by atoms with van der Waals surface area (Å²) in [6.07, 6.45) is 3.78. The molecule has 3 aromatic carbocycles. The summed E-state index contributed by atoms with van der Waals surface area (Å²) >= 11 is 1.31. The number of fused-ring (bicyclic) bond motifs is 3. The van der Waals surface area contributed by atoms with Crippen molar-refractivity contribution in [2.45, 2.75) is 19.9 Å². The third-order valence-corrected chi connectivity index (χ3v) is 7.84. The number of aromatic amines is 1. The van der Waals surface area contributed by atoms with Crippen molar-refractivity contribution in [2.75, 3.05) is 13.7 Å². The number of H-pyrrole nitrogens is 1. The van der Waals surface area contributed by atoms with Crippen molar-refractivity contribution in [3.8, 4) is 5.75 Å². The number of allylic oxidation sites excluding steroid dienone is 1. The molecule has 0 spiro atoms. The molecule has 5 aromatic rings. The molecule has 0 fully saturated rings. The Morgan fingerprint density at radius 1 is 1.08 bits per heavy atom. The van der Waals surface area contributed by atoms with Crippen molar-refractivity contribution in [1.82, 2.24) is 9.55 Å². The first-order chi connectivity index (χ1) is 18.5. The second-order valence-electron chi connectivity index (χ2n) is 8.99. The maximum absolute atomic E-state index is 14.0. The van der Waals surface area contributed by atoms with E-state index < -0.39 is 12.0 Å². The number of para-hydroxylation sites is 1. The Balaban J connectivity index is 1.64. The molecule has 0 radical (unpaired) electrons. The van der Waals surface area contributed by atoms with Gasteiger partial charge in [0.1, 0.15) is 5.75 Å². The molecule has 6 rings (SSSR count). The average Bonchev–Trinajstić information content (AvgIpc) is 3.48. The lowest BCUT2D eigenvalue weighted by Crippen LogP contribution is -2.40. The van der Waals surface area contributed by atoms with Crippen molar-refractivity contribution >= 4 is 45.1 Å². The van der Waals surface area contributed by atoms with Crippen molar-refractivity contribution in [2.24, 2.45) is 4.99 Å². The number of carbonyl (C=O) groups is 1. The zero-order valence-corrected chi connectivity index (χ0v) is 22.0. The summed E-state index contributed by atoms with van der Waals surface area (Å²) in [6.45, 7) is 3.78. The molecule has 0 saturated heterocycles. The van der Waals surface area contributed by atoms with Crippen LogP contribution in [-0.2, 0) is 9.53 Å². The molecular formula is C30H25N3O4S. The third-order valence-electron chi connectivity index (χ3n) is 6.86. The first kappa shape index (κ1) is 23.9. The van der Waals surface area contributed by atoms with Gasteiger partial charge in [-0.05, 0) is 43.0 Å². The van der Waals surface area contributed by atoms with E-state index in [1.165, 1.54) is 11.3 Å². The highest BCUT2D eigenvalue weighted by Gasteiger charge is 2.34. The lowest BCUT2D eigenvalue weighted by molar-refractivity contribution is -0.139. The molecule has 2 aromatic heterocycles. The number of benzene rings is 3. The maximum Gasteiger partial charge on any atom is 0.338 e. The quantitative estimate of drug-likeness (QED) is 0.345. The van der Waals surface area contributed by atoms with E-state index in [1.54, 1.807) is 25.5 Å². The first-order valence-corrected chi connectivity index (χ1v) is 13.1. The minimum Gasteiger partial charge on any atom is -0.496 e. The van der Waals surface area contributed by atoms with Gasteiger partial charge in [0.25, 0.3) is 5.56 Å². The molecule has 7 nitrogen and oxygen atoms in total. The van der Waals surface area contributed by atoms with Gasteiger partial charge in [-0.2, -0.15) is 0 Å². The summed E-state index contributed by atoms with van der Waals surface area (Å²) in [5, 5.41) is 2.81. The lowest BCUT2D eigenvalue weighted by Gasteiger charge is -2.26. The van der Waals surface area contributed by atoms with E-state index in [0.717, 1.165) is 38.6 Å². The number of aromatic nitrogens is 2. The molecule has 190 valence electrons. The van der Waals surface area contributed by atoms with Crippen molar-refractivity contribution in [3.05, 3.63) is 109 Å². The third kappa shape index (κ3) is 3.76. The molecule has 0 amide bonds. The predicted molar refractivity (Wildman–Crippen MR) is 149 cm³/mol. The average molecular weight is 524 g/mol. The molecule has 38 heavy (non-hydrogen) atoms. The maximum atomic E-state index is 14.0. The van der Waals surface area contributed by atoms with Gasteiger partial charge in [-0.25, -0.2) is 9.79 Å². The van der Waals surface area contributed by atoms with Gasteiger partial charge in [-0.15, -0.1) is 0 Å². The number of methoxy groups -OCH3 is 1. The van der Waals surface area contributed by atoms with Gasteiger partial charge in [-0.3, -0.25) is 9.36 Å². The van der Waals surface area contributed by atoms with Crippen LogP contribution in [0, 0.1) is 0 Å². The zero-order valence-electron chi connectivity index (χ0n) is 21.1. The second-order valence-corrected chi connectivity index (χ2v) is 10.0. The van der Waals surface area contributed by atoms with E-state index in [1.807, 2.05) is 72.9 Å². The number of rotatable bonds is 5. The normalized spacial score (nSPS) is 15.6. The van der Waals surface area contributed by atoms with E-state index in [2.05, 4.69) is 4.98 Å². The van der Waals surface area contributed by atoms with Crippen LogP contribution >= 0.6 is 11.3 Å². The molecule has 0 bridgehead atoms. The number of ether oxygens (including phenoxy) is 2. The SMILES string of the molecule is CCOC(=O)C1=C(C)N=c2s/c(=C/c3c[nH]c4ccccc34)c(=O)n2[C@H]1c1ccc(OC)c2ccccc12. The standard InChI is InChI=1S/C30H25N3O4S/c1-4-37-29(35)26-17(2)32-30-33(27(26)22-13-14-24(36-3)21-11-6-5-10-20(21)22)28(34)25(38-30)15-18-16-31-23-12-8-7-9-19(18)23/h5-16,27,31H,4H2,1-3H3/b25-15+/t27-/m0/s1.